The van der Waals surface area contributed by atoms with Crippen LogP contribution in [0.15, 0.2) is 41.6 Å². The molecule has 24 heavy (non-hydrogen) atoms. The van der Waals surface area contributed by atoms with Gasteiger partial charge in [0.25, 0.3) is 5.90 Å². The molecular weight excluding hydrogens is 343 g/mol. The summed E-state index contributed by atoms with van der Waals surface area (Å²) in [6.45, 7) is 1.94. The van der Waals surface area contributed by atoms with Gasteiger partial charge in [-0.2, -0.15) is 13.2 Å². The maximum atomic E-state index is 12.7. The number of benzene rings is 1. The zero-order valence-corrected chi connectivity index (χ0v) is 13.6. The molecule has 8 heteroatoms. The van der Waals surface area contributed by atoms with E-state index in [9.17, 15) is 13.2 Å². The summed E-state index contributed by atoms with van der Waals surface area (Å²) in [6, 6.07) is 8.44. The van der Waals surface area contributed by atoms with E-state index in [-0.39, 0.29) is 16.6 Å². The Kier molecular flexibility index (Phi) is 4.13. The minimum Gasteiger partial charge on any atom is -0.445 e. The molecule has 1 aromatic heterocycles. The molecule has 1 aliphatic rings. The summed E-state index contributed by atoms with van der Waals surface area (Å²) in [5.41, 5.74) is 1.07. The molecule has 0 saturated carbocycles. The van der Waals surface area contributed by atoms with Crippen LogP contribution in [0.1, 0.15) is 28.6 Å². The molecule has 0 N–H and O–H groups in total. The first-order valence-corrected chi connectivity index (χ1v) is 7.42. The Bertz CT molecular complexity index is 807. The van der Waals surface area contributed by atoms with E-state index in [0.717, 1.165) is 17.2 Å². The highest BCUT2D eigenvalue weighted by molar-refractivity contribution is 6.33. The van der Waals surface area contributed by atoms with E-state index in [0.29, 0.717) is 6.20 Å². The van der Waals surface area contributed by atoms with Gasteiger partial charge in [-0.25, -0.2) is 4.98 Å². The maximum Gasteiger partial charge on any atom is 0.417 e. The molecule has 3 rings (SSSR count). The van der Waals surface area contributed by atoms with E-state index >= 15 is 0 Å². The van der Waals surface area contributed by atoms with Crippen LogP contribution in [0.3, 0.4) is 0 Å². The zero-order chi connectivity index (χ0) is 17.5. The number of rotatable bonds is 2. The van der Waals surface area contributed by atoms with Gasteiger partial charge in [0.05, 0.1) is 10.6 Å². The lowest BCUT2D eigenvalue weighted by atomic mass is 10.1. The van der Waals surface area contributed by atoms with Gasteiger partial charge in [0, 0.05) is 18.8 Å². The van der Waals surface area contributed by atoms with Crippen LogP contribution in [-0.4, -0.2) is 22.9 Å². The summed E-state index contributed by atoms with van der Waals surface area (Å²) in [6.07, 6.45) is -4.27. The van der Waals surface area contributed by atoms with E-state index in [2.05, 4.69) is 10.1 Å². The highest BCUT2D eigenvalue weighted by Crippen LogP contribution is 2.34. The fourth-order valence-corrected chi connectivity index (χ4v) is 2.63. The van der Waals surface area contributed by atoms with E-state index in [1.165, 1.54) is 0 Å². The molecule has 0 fully saturated rings. The molecule has 1 aromatic carbocycles. The number of ether oxygens (including phenoxy) is 1. The first-order valence-electron chi connectivity index (χ1n) is 7.04. The minimum atomic E-state index is -4.51. The molecule has 0 bridgehead atoms. The van der Waals surface area contributed by atoms with Crippen LogP contribution >= 0.6 is 11.6 Å². The van der Waals surface area contributed by atoms with Crippen LogP contribution in [0.2, 0.25) is 5.02 Å². The van der Waals surface area contributed by atoms with Crippen molar-refractivity contribution in [3.05, 3.63) is 63.9 Å². The molecule has 0 amide bonds. The Morgan fingerprint density at radius 2 is 1.96 bits per heavy atom. The third-order valence-electron chi connectivity index (χ3n) is 3.64. The molecule has 1 aliphatic heterocycles. The van der Waals surface area contributed by atoms with Crippen LogP contribution in [0.25, 0.3) is 0 Å². The minimum absolute atomic E-state index is 0.0765. The quantitative estimate of drug-likeness (QED) is 0.802. The molecule has 2 aromatic rings. The van der Waals surface area contributed by atoms with Gasteiger partial charge < -0.3 is 4.74 Å². The number of alkyl halides is 3. The van der Waals surface area contributed by atoms with Crippen molar-refractivity contribution in [3.8, 4) is 0 Å². The second-order valence-corrected chi connectivity index (χ2v) is 5.77. The van der Waals surface area contributed by atoms with Crippen LogP contribution in [0.4, 0.5) is 13.2 Å². The Balaban J connectivity index is 1.90. The van der Waals surface area contributed by atoms with Crippen LogP contribution in [0.5, 0.6) is 0 Å². The molecule has 0 aliphatic carbocycles. The highest BCUT2D eigenvalue weighted by atomic mass is 35.5. The average molecular weight is 356 g/mol. The number of halogens is 4. The average Bonchev–Trinajstić information content (AvgIpc) is 2.88. The number of aryl methyl sites for hydroxylation is 1. The molecule has 0 spiro atoms. The number of hydrogen-bond donors (Lipinski definition) is 0. The predicted molar refractivity (Wildman–Crippen MR) is 83.6 cm³/mol. The highest BCUT2D eigenvalue weighted by Gasteiger charge is 2.34. The summed E-state index contributed by atoms with van der Waals surface area (Å²) in [5, 5.41) is 5.62. The van der Waals surface area contributed by atoms with Gasteiger partial charge in [0.1, 0.15) is 5.69 Å². The molecule has 126 valence electrons. The van der Waals surface area contributed by atoms with E-state index in [4.69, 9.17) is 16.3 Å². The lowest BCUT2D eigenvalue weighted by Gasteiger charge is -2.19. The molecular formula is C16H13ClF3N3O. The number of pyridine rings is 1. The monoisotopic (exact) mass is 355 g/mol. The maximum absolute atomic E-state index is 12.7. The van der Waals surface area contributed by atoms with Crippen molar-refractivity contribution in [2.45, 2.75) is 19.3 Å². The van der Waals surface area contributed by atoms with Crippen molar-refractivity contribution >= 4 is 17.5 Å². The van der Waals surface area contributed by atoms with Gasteiger partial charge in [-0.05, 0) is 18.6 Å². The predicted octanol–water partition coefficient (Wildman–Crippen LogP) is 4.38. The van der Waals surface area contributed by atoms with Gasteiger partial charge in [0.2, 0.25) is 6.23 Å². The van der Waals surface area contributed by atoms with Crippen LogP contribution in [-0.2, 0) is 10.9 Å². The first-order chi connectivity index (χ1) is 11.3. The standard InChI is InChI=1S/C16H13ClF3N3O/c1-9-5-3-4-6-11(9)15-23(2)22-14(24-15)13-12(17)7-10(8-21-13)16(18,19)20/h3-8,15H,1-2H3. The van der Waals surface area contributed by atoms with Gasteiger partial charge >= 0.3 is 6.18 Å². The number of hydrogen-bond acceptors (Lipinski definition) is 4. The summed E-state index contributed by atoms with van der Waals surface area (Å²) in [4.78, 5) is 3.78. The molecule has 1 unspecified atom stereocenters. The van der Waals surface area contributed by atoms with Crippen LogP contribution < -0.4 is 0 Å². The Morgan fingerprint density at radius 1 is 1.25 bits per heavy atom. The second kappa shape index (κ2) is 5.98. The van der Waals surface area contributed by atoms with E-state index in [1.54, 1.807) is 12.1 Å². The topological polar surface area (TPSA) is 37.7 Å². The van der Waals surface area contributed by atoms with Gasteiger partial charge in [0.15, 0.2) is 0 Å². The summed E-state index contributed by atoms with van der Waals surface area (Å²) in [5.74, 6) is 0.0875. The van der Waals surface area contributed by atoms with Crippen molar-refractivity contribution < 1.29 is 17.9 Å². The molecule has 1 atom stereocenters. The summed E-state index contributed by atoms with van der Waals surface area (Å²) in [7, 11) is 1.71. The first kappa shape index (κ1) is 16.6. The molecule has 2 heterocycles. The van der Waals surface area contributed by atoms with Crippen molar-refractivity contribution in [2.24, 2.45) is 5.10 Å². The molecule has 4 nitrogen and oxygen atoms in total. The third kappa shape index (κ3) is 3.03. The number of hydrazone groups is 1. The smallest absolute Gasteiger partial charge is 0.417 e. The Hall–Kier alpha value is -2.28. The SMILES string of the molecule is Cc1ccccc1C1OC(c2ncc(C(F)(F)F)cc2Cl)=NN1C. The zero-order valence-electron chi connectivity index (χ0n) is 12.8. The van der Waals surface area contributed by atoms with Crippen molar-refractivity contribution in [1.29, 1.82) is 0 Å². The molecule has 0 radical (unpaired) electrons. The molecule has 0 saturated heterocycles. The number of nitrogens with zero attached hydrogens (tertiary/aromatic N) is 3. The Labute approximate surface area is 141 Å². The van der Waals surface area contributed by atoms with Crippen molar-refractivity contribution in [2.75, 3.05) is 7.05 Å². The van der Waals surface area contributed by atoms with Gasteiger partial charge in [-0.1, -0.05) is 35.9 Å². The lowest BCUT2D eigenvalue weighted by molar-refractivity contribution is -0.137. The van der Waals surface area contributed by atoms with E-state index < -0.39 is 18.0 Å². The third-order valence-corrected chi connectivity index (χ3v) is 3.92. The van der Waals surface area contributed by atoms with Gasteiger partial charge in [-0.3, -0.25) is 5.01 Å². The van der Waals surface area contributed by atoms with Crippen molar-refractivity contribution in [1.82, 2.24) is 9.99 Å². The van der Waals surface area contributed by atoms with Crippen LogP contribution in [0, 0.1) is 6.92 Å². The van der Waals surface area contributed by atoms with E-state index in [1.807, 2.05) is 31.2 Å². The second-order valence-electron chi connectivity index (χ2n) is 5.36. The largest absolute Gasteiger partial charge is 0.445 e. The summed E-state index contributed by atoms with van der Waals surface area (Å²) >= 11 is 5.95. The lowest BCUT2D eigenvalue weighted by Crippen LogP contribution is -2.17. The fraction of sp³-hybridized carbons (Fsp3) is 0.250. The fourth-order valence-electron chi connectivity index (χ4n) is 2.38. The number of aromatic nitrogens is 1. The summed E-state index contributed by atoms with van der Waals surface area (Å²) < 4.78 is 43.9. The normalized spacial score (nSPS) is 17.7. The van der Waals surface area contributed by atoms with Gasteiger partial charge in [-0.15, -0.1) is 5.10 Å². The Morgan fingerprint density at radius 3 is 2.58 bits per heavy atom. The van der Waals surface area contributed by atoms with Crippen molar-refractivity contribution in [3.63, 3.8) is 0 Å².